The van der Waals surface area contributed by atoms with E-state index in [2.05, 4.69) is 9.98 Å². The third-order valence-electron chi connectivity index (χ3n) is 8.82. The average Bonchev–Trinajstić information content (AvgIpc) is 3.90. The summed E-state index contributed by atoms with van der Waals surface area (Å²) in [6.07, 6.45) is 0.817. The van der Waals surface area contributed by atoms with Crippen molar-refractivity contribution in [3.63, 3.8) is 0 Å². The molecule has 7 rings (SSSR count). The van der Waals surface area contributed by atoms with Crippen molar-refractivity contribution in [2.75, 3.05) is 0 Å². The van der Waals surface area contributed by atoms with Crippen LogP contribution >= 0.6 is 22.7 Å². The molecule has 15 heteroatoms. The summed E-state index contributed by atoms with van der Waals surface area (Å²) in [5.41, 5.74) is -1.30. The van der Waals surface area contributed by atoms with Gasteiger partial charge in [0, 0.05) is 39.9 Å². The van der Waals surface area contributed by atoms with E-state index in [0.717, 1.165) is 29.6 Å². The van der Waals surface area contributed by atoms with Crippen molar-refractivity contribution in [1.82, 2.24) is 4.57 Å². The van der Waals surface area contributed by atoms with Crippen LogP contribution in [0.2, 0.25) is 0 Å². The molecule has 0 bridgehead atoms. The molecule has 0 spiro atoms. The van der Waals surface area contributed by atoms with E-state index in [0.29, 0.717) is 38.1 Å². The van der Waals surface area contributed by atoms with Crippen LogP contribution in [-0.4, -0.2) is 27.6 Å². The van der Waals surface area contributed by atoms with E-state index in [1.807, 2.05) is 18.4 Å². The molecule has 2 aliphatic carbocycles. The molecule has 52 heavy (non-hydrogen) atoms. The fourth-order valence-corrected chi connectivity index (χ4v) is 8.40. The number of hydrogen-bond acceptors (Lipinski definition) is 10. The fraction of sp³-hybridized carbons (Fsp3) is 0.135. The number of fused-ring (bicyclic) bond motifs is 5. The largest absolute Gasteiger partial charge is 0.339 e. The summed E-state index contributed by atoms with van der Waals surface area (Å²) in [6, 6.07) is 13.2. The van der Waals surface area contributed by atoms with Crippen LogP contribution in [0.4, 0.5) is 27.6 Å². The molecular weight excluding hydrogens is 715 g/mol. The van der Waals surface area contributed by atoms with E-state index in [4.69, 9.17) is 0 Å². The zero-order valence-corrected chi connectivity index (χ0v) is 28.4. The molecule has 1 atom stereocenters. The monoisotopic (exact) mass is 731 g/mol. The van der Waals surface area contributed by atoms with Gasteiger partial charge in [0.2, 0.25) is 11.6 Å². The third kappa shape index (κ3) is 5.15. The Bertz CT molecular complexity index is 2590. The first-order chi connectivity index (χ1) is 24.9. The maximum Gasteiger partial charge on any atom is 0.212 e. The number of nitrogens with zero attached hydrogens (tertiary/aromatic N) is 7. The van der Waals surface area contributed by atoms with Crippen LogP contribution in [0, 0.1) is 74.5 Å². The molecule has 3 heterocycles. The second kappa shape index (κ2) is 12.7. The second-order valence-corrected chi connectivity index (χ2v) is 13.9. The Morgan fingerprint density at radius 3 is 1.38 bits per heavy atom. The number of thiophene rings is 2. The molecule has 1 unspecified atom stereocenters. The van der Waals surface area contributed by atoms with Gasteiger partial charge in [0.15, 0.2) is 23.3 Å². The molecule has 3 aromatic heterocycles. The van der Waals surface area contributed by atoms with Gasteiger partial charge in [-0.25, -0.2) is 27.5 Å². The molecule has 252 valence electrons. The highest BCUT2D eigenvalue weighted by molar-refractivity contribution is 7.30. The first-order valence-corrected chi connectivity index (χ1v) is 17.0. The number of rotatable bonds is 5. The van der Waals surface area contributed by atoms with E-state index >= 15 is 0 Å². The van der Waals surface area contributed by atoms with Crippen molar-refractivity contribution in [1.29, 1.82) is 21.0 Å². The highest BCUT2D eigenvalue weighted by Crippen LogP contribution is 2.47. The summed E-state index contributed by atoms with van der Waals surface area (Å²) in [7, 11) is 0. The predicted octanol–water partition coefficient (Wildman–Crippen LogP) is 9.06. The summed E-state index contributed by atoms with van der Waals surface area (Å²) in [5, 5.41) is 39.2. The van der Waals surface area contributed by atoms with Crippen molar-refractivity contribution in [3.05, 3.63) is 93.1 Å². The summed E-state index contributed by atoms with van der Waals surface area (Å²) in [5.74, 6) is -6.46. The SMILES string of the molecule is CCC(C)Cn1c2cc(N=C3C(=O)c4cc(F)c(F)cc4C3=C(C#N)C#N)sc2c2sc(N=C3C(=O)c4cc(F)c(F)cc4C3=C(C#N)C#N)cc21. The predicted molar refractivity (Wildman–Crippen MR) is 187 cm³/mol. The Labute approximate surface area is 299 Å². The number of allylic oxidation sites excluding steroid dienone is 4. The van der Waals surface area contributed by atoms with Crippen molar-refractivity contribution in [2.24, 2.45) is 15.9 Å². The van der Waals surface area contributed by atoms with Crippen LogP contribution in [0.25, 0.3) is 31.6 Å². The number of benzene rings is 2. The Kier molecular flexibility index (Phi) is 8.27. The van der Waals surface area contributed by atoms with Crippen molar-refractivity contribution in [2.45, 2.75) is 26.8 Å². The Hall–Kier alpha value is -6.52. The lowest BCUT2D eigenvalue weighted by atomic mass is 10.0. The zero-order chi connectivity index (χ0) is 37.2. The highest BCUT2D eigenvalue weighted by Gasteiger charge is 2.37. The lowest BCUT2D eigenvalue weighted by Crippen LogP contribution is -2.08. The maximum atomic E-state index is 14.3. The molecular formula is C37H17F4N7O2S2. The standard InChI is InChI=1S/C37H17F4N7O2S2/c1-3-15(2)14-48-26-8-28(46-32-30(16(10-42)11-43)18-4-22(38)24(40)6-20(18)34(32)49)51-36(26)37-27(48)9-29(52-37)47-33-31(17(12-44)13-45)19-5-23(39)25(41)7-21(19)35(33)50/h4-9,15H,3,14H2,1-2H3. The molecule has 0 saturated carbocycles. The van der Waals surface area contributed by atoms with Crippen molar-refractivity contribution < 1.29 is 27.2 Å². The normalized spacial score (nSPS) is 15.6. The van der Waals surface area contributed by atoms with Crippen LogP contribution in [0.3, 0.4) is 0 Å². The van der Waals surface area contributed by atoms with Crippen LogP contribution in [0.1, 0.15) is 52.1 Å². The number of Topliss-reactive ketones (excluding diaryl/α,β-unsaturated/α-hetero) is 2. The highest BCUT2D eigenvalue weighted by atomic mass is 32.1. The molecule has 2 aromatic carbocycles. The van der Waals surface area contributed by atoms with E-state index in [-0.39, 0.29) is 50.7 Å². The molecule has 5 aromatic rings. The Balaban J connectivity index is 1.41. The minimum atomic E-state index is -1.27. The Morgan fingerprint density at radius 2 is 1.04 bits per heavy atom. The molecule has 0 N–H and O–H groups in total. The number of aromatic nitrogens is 1. The van der Waals surface area contributed by atoms with Gasteiger partial charge in [-0.1, -0.05) is 20.3 Å². The lowest BCUT2D eigenvalue weighted by Gasteiger charge is -2.11. The van der Waals surface area contributed by atoms with E-state index in [9.17, 15) is 48.2 Å². The smallest absolute Gasteiger partial charge is 0.212 e. The van der Waals surface area contributed by atoms with E-state index in [1.54, 1.807) is 36.4 Å². The third-order valence-corrected chi connectivity index (χ3v) is 11.0. The molecule has 0 radical (unpaired) electrons. The van der Waals surface area contributed by atoms with Gasteiger partial charge >= 0.3 is 0 Å². The number of carbonyl (C=O) groups excluding carboxylic acids is 2. The average molecular weight is 732 g/mol. The minimum absolute atomic E-state index is 0.119. The van der Waals surface area contributed by atoms with Gasteiger partial charge in [-0.2, -0.15) is 21.0 Å². The summed E-state index contributed by atoms with van der Waals surface area (Å²) in [4.78, 5) is 36.0. The molecule has 9 nitrogen and oxygen atoms in total. The van der Waals surface area contributed by atoms with E-state index < -0.39 is 46.0 Å². The van der Waals surface area contributed by atoms with Gasteiger partial charge in [-0.3, -0.25) is 9.59 Å². The number of ketones is 2. The quantitative estimate of drug-likeness (QED) is 0.130. The molecule has 0 saturated heterocycles. The molecule has 0 amide bonds. The first kappa shape index (κ1) is 34.0. The number of halogens is 4. The topological polar surface area (TPSA) is 159 Å². The summed E-state index contributed by atoms with van der Waals surface area (Å²) < 4.78 is 60.3. The van der Waals surface area contributed by atoms with Crippen LogP contribution in [-0.2, 0) is 6.54 Å². The fourth-order valence-electron chi connectivity index (χ4n) is 6.18. The van der Waals surface area contributed by atoms with Crippen LogP contribution in [0.15, 0.2) is 57.5 Å². The first-order valence-electron chi connectivity index (χ1n) is 15.3. The van der Waals surface area contributed by atoms with Gasteiger partial charge in [-0.15, -0.1) is 22.7 Å². The summed E-state index contributed by atoms with van der Waals surface area (Å²) in [6.45, 7) is 4.59. The van der Waals surface area contributed by atoms with Gasteiger partial charge in [0.05, 0.1) is 20.4 Å². The summed E-state index contributed by atoms with van der Waals surface area (Å²) >= 11 is 2.33. The van der Waals surface area contributed by atoms with Crippen LogP contribution in [0.5, 0.6) is 0 Å². The zero-order valence-electron chi connectivity index (χ0n) is 26.7. The minimum Gasteiger partial charge on any atom is -0.339 e. The number of carbonyl (C=O) groups is 2. The lowest BCUT2D eigenvalue weighted by molar-refractivity contribution is 0.106. The number of nitriles is 4. The van der Waals surface area contributed by atoms with Gasteiger partial charge in [0.1, 0.15) is 56.8 Å². The number of aliphatic imine (C=N–C) groups is 2. The second-order valence-electron chi connectivity index (χ2n) is 11.9. The van der Waals surface area contributed by atoms with Gasteiger partial charge in [0.25, 0.3) is 0 Å². The Morgan fingerprint density at radius 1 is 0.673 bits per heavy atom. The van der Waals surface area contributed by atoms with Gasteiger partial charge < -0.3 is 4.57 Å². The van der Waals surface area contributed by atoms with Crippen LogP contribution < -0.4 is 0 Å². The van der Waals surface area contributed by atoms with E-state index in [1.165, 1.54) is 22.7 Å². The van der Waals surface area contributed by atoms with Gasteiger partial charge in [-0.05, 0) is 42.3 Å². The molecule has 0 aliphatic heterocycles. The number of hydrogen-bond donors (Lipinski definition) is 0. The van der Waals surface area contributed by atoms with Crippen molar-refractivity contribution in [3.8, 4) is 24.3 Å². The van der Waals surface area contributed by atoms with Crippen molar-refractivity contribution >= 4 is 87.2 Å². The molecule has 0 fully saturated rings. The maximum absolute atomic E-state index is 14.3. The molecule has 2 aliphatic rings.